The number of halogens is 1. The van der Waals surface area contributed by atoms with E-state index in [1.807, 2.05) is 6.92 Å². The summed E-state index contributed by atoms with van der Waals surface area (Å²) in [5, 5.41) is 5.17. The van der Waals surface area contributed by atoms with Gasteiger partial charge in [-0.15, -0.1) is 0 Å². The summed E-state index contributed by atoms with van der Waals surface area (Å²) in [5.74, 6) is -0.927. The number of carbonyl (C=O) groups is 4. The van der Waals surface area contributed by atoms with E-state index in [1.165, 1.54) is 19.2 Å². The van der Waals surface area contributed by atoms with Crippen LogP contribution in [0.25, 0.3) is 0 Å². The van der Waals surface area contributed by atoms with Crippen LogP contribution in [0.5, 0.6) is 0 Å². The molecule has 5 rings (SSSR count). The molecule has 37 heavy (non-hydrogen) atoms. The Morgan fingerprint density at radius 3 is 2.59 bits per heavy atom. The van der Waals surface area contributed by atoms with Gasteiger partial charge in [0.25, 0.3) is 5.91 Å². The van der Waals surface area contributed by atoms with E-state index in [2.05, 4.69) is 10.6 Å². The van der Waals surface area contributed by atoms with Gasteiger partial charge in [-0.2, -0.15) is 0 Å². The van der Waals surface area contributed by atoms with Crippen LogP contribution in [-0.4, -0.2) is 53.4 Å². The smallest absolute Gasteiger partial charge is 0.418 e. The van der Waals surface area contributed by atoms with Crippen molar-refractivity contribution in [2.75, 3.05) is 18.9 Å². The van der Waals surface area contributed by atoms with Gasteiger partial charge in [0, 0.05) is 37.3 Å². The number of nitrogens with zero attached hydrogens (tertiary/aromatic N) is 2. The minimum Gasteiger partial charge on any atom is -0.427 e. The fraction of sp³-hybridized carbons (Fsp3) is 0.407. The second-order valence-corrected chi connectivity index (χ2v) is 9.89. The minimum atomic E-state index is -1.47. The quantitative estimate of drug-likeness (QED) is 0.595. The van der Waals surface area contributed by atoms with E-state index >= 15 is 0 Å². The molecule has 1 spiro atoms. The standard InChI is InChI=1S/C27H29FN4O5/c1-16(18-5-6-18)31(14-17-3-7-20(28)8-4-17)23(33)15-32-24(34)27(37-26(32)36)12-11-19-13-21(9-10-22(19)27)30-25(35)29-2/h3-4,7-10,13,16,18H,5-6,11-12,14-15H2,1-2H3,(H2,29,30,35)/t16-,27?/m0/s1. The molecule has 10 heteroatoms. The van der Waals surface area contributed by atoms with Crippen LogP contribution >= 0.6 is 0 Å². The minimum absolute atomic E-state index is 0.0845. The molecule has 1 heterocycles. The molecule has 5 amide bonds. The Morgan fingerprint density at radius 1 is 1.19 bits per heavy atom. The molecule has 1 unspecified atom stereocenters. The zero-order valence-electron chi connectivity index (χ0n) is 20.8. The van der Waals surface area contributed by atoms with Crippen molar-refractivity contribution >= 4 is 29.6 Å². The number of imide groups is 1. The van der Waals surface area contributed by atoms with Gasteiger partial charge in [0.15, 0.2) is 0 Å². The first-order valence-electron chi connectivity index (χ1n) is 12.4. The highest BCUT2D eigenvalue weighted by Gasteiger charge is 2.58. The van der Waals surface area contributed by atoms with Crippen molar-refractivity contribution < 1.29 is 28.3 Å². The van der Waals surface area contributed by atoms with E-state index in [9.17, 15) is 23.6 Å². The molecule has 9 nitrogen and oxygen atoms in total. The van der Waals surface area contributed by atoms with Crippen LogP contribution in [0.15, 0.2) is 42.5 Å². The number of rotatable bonds is 7. The first-order valence-corrected chi connectivity index (χ1v) is 12.4. The van der Waals surface area contributed by atoms with Gasteiger partial charge < -0.3 is 20.3 Å². The van der Waals surface area contributed by atoms with Crippen molar-refractivity contribution in [1.29, 1.82) is 0 Å². The molecule has 0 aromatic heterocycles. The Labute approximate surface area is 213 Å². The first kappa shape index (κ1) is 24.7. The van der Waals surface area contributed by atoms with Gasteiger partial charge in [-0.05, 0) is 67.5 Å². The highest BCUT2D eigenvalue weighted by molar-refractivity contribution is 6.06. The van der Waals surface area contributed by atoms with Crippen LogP contribution in [0.3, 0.4) is 0 Å². The van der Waals surface area contributed by atoms with Crippen molar-refractivity contribution in [2.24, 2.45) is 5.92 Å². The normalized spacial score (nSPS) is 21.0. The maximum atomic E-state index is 13.6. The number of aryl methyl sites for hydroxylation is 1. The fourth-order valence-corrected chi connectivity index (χ4v) is 5.23. The molecule has 2 aromatic carbocycles. The molecular formula is C27H29FN4O5. The van der Waals surface area contributed by atoms with Crippen LogP contribution in [0.1, 0.15) is 42.9 Å². The summed E-state index contributed by atoms with van der Waals surface area (Å²) in [4.78, 5) is 54.1. The number of ether oxygens (including phenoxy) is 1. The second kappa shape index (κ2) is 9.49. The number of hydrogen-bond acceptors (Lipinski definition) is 5. The Bertz CT molecular complexity index is 1260. The van der Waals surface area contributed by atoms with Crippen molar-refractivity contribution in [1.82, 2.24) is 15.1 Å². The third kappa shape index (κ3) is 4.63. The predicted molar refractivity (Wildman–Crippen MR) is 132 cm³/mol. The van der Waals surface area contributed by atoms with Gasteiger partial charge in [0.2, 0.25) is 11.5 Å². The molecule has 1 saturated heterocycles. The van der Waals surface area contributed by atoms with Crippen molar-refractivity contribution in [3.05, 3.63) is 65.0 Å². The summed E-state index contributed by atoms with van der Waals surface area (Å²) in [5.41, 5.74) is 1.22. The monoisotopic (exact) mass is 508 g/mol. The first-order chi connectivity index (χ1) is 17.7. The van der Waals surface area contributed by atoms with E-state index in [1.54, 1.807) is 35.2 Å². The average Bonchev–Trinajstić information content (AvgIpc) is 3.64. The van der Waals surface area contributed by atoms with Gasteiger partial charge >= 0.3 is 12.1 Å². The second-order valence-electron chi connectivity index (χ2n) is 9.89. The topological polar surface area (TPSA) is 108 Å². The van der Waals surface area contributed by atoms with Gasteiger partial charge in [0.05, 0.1) is 0 Å². The van der Waals surface area contributed by atoms with E-state index in [4.69, 9.17) is 4.74 Å². The lowest BCUT2D eigenvalue weighted by Gasteiger charge is -2.30. The van der Waals surface area contributed by atoms with E-state index in [0.29, 0.717) is 23.6 Å². The van der Waals surface area contributed by atoms with Crippen LogP contribution in [0.4, 0.5) is 19.7 Å². The summed E-state index contributed by atoms with van der Waals surface area (Å²) in [6, 6.07) is 10.6. The Balaban J connectivity index is 1.34. The van der Waals surface area contributed by atoms with Gasteiger partial charge in [-0.3, -0.25) is 9.59 Å². The van der Waals surface area contributed by atoms with E-state index in [-0.39, 0.29) is 36.8 Å². The predicted octanol–water partition coefficient (Wildman–Crippen LogP) is 3.52. The molecule has 194 valence electrons. The number of anilines is 1. The molecule has 2 fully saturated rings. The number of benzene rings is 2. The Hall–Kier alpha value is -3.95. The summed E-state index contributed by atoms with van der Waals surface area (Å²) < 4.78 is 19.0. The lowest BCUT2D eigenvalue weighted by molar-refractivity contribution is -0.143. The highest BCUT2D eigenvalue weighted by Crippen LogP contribution is 2.46. The molecular weight excluding hydrogens is 479 g/mol. The molecule has 2 aromatic rings. The van der Waals surface area contributed by atoms with Crippen molar-refractivity contribution in [2.45, 2.75) is 50.8 Å². The summed E-state index contributed by atoms with van der Waals surface area (Å²) >= 11 is 0. The maximum Gasteiger partial charge on any atom is 0.418 e. The summed E-state index contributed by atoms with van der Waals surface area (Å²) in [7, 11) is 1.51. The molecule has 1 saturated carbocycles. The van der Waals surface area contributed by atoms with E-state index in [0.717, 1.165) is 28.9 Å². The molecule has 3 aliphatic rings. The summed E-state index contributed by atoms with van der Waals surface area (Å²) in [6.45, 7) is 1.79. The lowest BCUT2D eigenvalue weighted by atomic mass is 9.94. The van der Waals surface area contributed by atoms with Crippen LogP contribution in [-0.2, 0) is 32.9 Å². The maximum absolute atomic E-state index is 13.6. The Morgan fingerprint density at radius 2 is 1.92 bits per heavy atom. The van der Waals surface area contributed by atoms with Crippen LogP contribution < -0.4 is 10.6 Å². The number of urea groups is 1. The number of carbonyl (C=O) groups excluding carboxylic acids is 4. The fourth-order valence-electron chi connectivity index (χ4n) is 5.23. The molecule has 2 atom stereocenters. The summed E-state index contributed by atoms with van der Waals surface area (Å²) in [6.07, 6.45) is 1.92. The van der Waals surface area contributed by atoms with Gasteiger partial charge in [-0.1, -0.05) is 18.2 Å². The SMILES string of the molecule is CNC(=O)Nc1ccc2c(c1)CCC21OC(=O)N(CC(=O)N(Cc2ccc(F)cc2)[C@@H](C)C2CC2)C1=O. The van der Waals surface area contributed by atoms with Crippen molar-refractivity contribution in [3.8, 4) is 0 Å². The van der Waals surface area contributed by atoms with Crippen LogP contribution in [0.2, 0.25) is 0 Å². The third-order valence-corrected chi connectivity index (χ3v) is 7.52. The number of fused-ring (bicyclic) bond motifs is 2. The lowest BCUT2D eigenvalue weighted by Crippen LogP contribution is -2.47. The molecule has 0 bridgehead atoms. The largest absolute Gasteiger partial charge is 0.427 e. The Kier molecular flexibility index (Phi) is 6.35. The molecule has 2 N–H and O–H groups in total. The molecule has 1 aliphatic heterocycles. The zero-order chi connectivity index (χ0) is 26.3. The number of nitrogens with one attached hydrogen (secondary N) is 2. The highest BCUT2D eigenvalue weighted by atomic mass is 19.1. The number of hydrogen-bond donors (Lipinski definition) is 2. The van der Waals surface area contributed by atoms with Crippen molar-refractivity contribution in [3.63, 3.8) is 0 Å². The molecule has 0 radical (unpaired) electrons. The number of amides is 5. The third-order valence-electron chi connectivity index (χ3n) is 7.52. The average molecular weight is 509 g/mol. The zero-order valence-corrected chi connectivity index (χ0v) is 20.8. The molecule has 2 aliphatic carbocycles. The van der Waals surface area contributed by atoms with E-state index < -0.39 is 24.1 Å². The van der Waals surface area contributed by atoms with Gasteiger partial charge in [0.1, 0.15) is 12.4 Å². The van der Waals surface area contributed by atoms with Crippen LogP contribution in [0, 0.1) is 11.7 Å². The van der Waals surface area contributed by atoms with Gasteiger partial charge in [-0.25, -0.2) is 18.9 Å².